The van der Waals surface area contributed by atoms with Crippen LogP contribution in [0.5, 0.6) is 0 Å². The number of aliphatic hydroxyl groups excluding tert-OH is 1. The molecule has 6 heteroatoms. The van der Waals surface area contributed by atoms with Crippen LogP contribution in [0.4, 0.5) is 4.39 Å². The molecule has 0 bridgehead atoms. The lowest BCUT2D eigenvalue weighted by atomic mass is 9.90. The first-order valence-corrected chi connectivity index (χ1v) is 4.56. The van der Waals surface area contributed by atoms with E-state index in [1.807, 2.05) is 5.43 Å². The van der Waals surface area contributed by atoms with Crippen molar-refractivity contribution < 1.29 is 19.4 Å². The van der Waals surface area contributed by atoms with E-state index in [9.17, 15) is 14.3 Å². The highest BCUT2D eigenvalue weighted by Gasteiger charge is 2.40. The van der Waals surface area contributed by atoms with E-state index in [0.717, 1.165) is 12.1 Å². The molecule has 0 aliphatic heterocycles. The van der Waals surface area contributed by atoms with Crippen molar-refractivity contribution in [2.75, 3.05) is 0 Å². The first kappa shape index (κ1) is 12.6. The standard InChI is InChI=1S/C10H13FN2O3/c1-10(13-12,9(15)16)8(14)6-2-4-7(11)5-3-6/h2-5,8,13-14H,12H2,1H3,(H,15,16). The van der Waals surface area contributed by atoms with Gasteiger partial charge in [0, 0.05) is 0 Å². The van der Waals surface area contributed by atoms with Crippen LogP contribution in [0.15, 0.2) is 24.3 Å². The summed E-state index contributed by atoms with van der Waals surface area (Å²) in [6, 6.07) is 4.88. The number of hydrogen-bond donors (Lipinski definition) is 4. The minimum absolute atomic E-state index is 0.268. The number of carboxylic acids is 1. The lowest BCUT2D eigenvalue weighted by molar-refractivity contribution is -0.149. The number of nitrogens with two attached hydrogens (primary N) is 1. The van der Waals surface area contributed by atoms with Crippen molar-refractivity contribution in [1.82, 2.24) is 5.43 Å². The molecular formula is C10H13FN2O3. The summed E-state index contributed by atoms with van der Waals surface area (Å²) < 4.78 is 12.6. The third-order valence-electron chi connectivity index (χ3n) is 2.48. The second-order valence-corrected chi connectivity index (χ2v) is 3.61. The van der Waals surface area contributed by atoms with Gasteiger partial charge in [-0.05, 0) is 24.6 Å². The molecule has 5 N–H and O–H groups in total. The Morgan fingerprint density at radius 2 is 2.00 bits per heavy atom. The van der Waals surface area contributed by atoms with Gasteiger partial charge in [-0.3, -0.25) is 10.6 Å². The average Bonchev–Trinajstić information content (AvgIpc) is 2.27. The normalized spacial score (nSPS) is 16.5. The van der Waals surface area contributed by atoms with Crippen LogP contribution in [-0.4, -0.2) is 21.7 Å². The van der Waals surface area contributed by atoms with E-state index in [1.165, 1.54) is 19.1 Å². The third kappa shape index (κ3) is 2.19. The van der Waals surface area contributed by atoms with Crippen molar-refractivity contribution in [1.29, 1.82) is 0 Å². The van der Waals surface area contributed by atoms with E-state index in [0.29, 0.717) is 0 Å². The fourth-order valence-electron chi connectivity index (χ4n) is 1.24. The second-order valence-electron chi connectivity index (χ2n) is 3.61. The van der Waals surface area contributed by atoms with Crippen LogP contribution in [0.25, 0.3) is 0 Å². The molecule has 0 aliphatic rings. The van der Waals surface area contributed by atoms with Gasteiger partial charge in [0.2, 0.25) is 0 Å². The van der Waals surface area contributed by atoms with E-state index >= 15 is 0 Å². The van der Waals surface area contributed by atoms with Gasteiger partial charge in [-0.1, -0.05) is 12.1 Å². The summed E-state index contributed by atoms with van der Waals surface area (Å²) in [6.45, 7) is 1.24. The van der Waals surface area contributed by atoms with Crippen LogP contribution in [0.3, 0.4) is 0 Å². The summed E-state index contributed by atoms with van der Waals surface area (Å²) in [5.74, 6) is 3.35. The van der Waals surface area contributed by atoms with Crippen LogP contribution in [0, 0.1) is 5.82 Å². The molecule has 2 unspecified atom stereocenters. The van der Waals surface area contributed by atoms with Crippen LogP contribution in [-0.2, 0) is 4.79 Å². The minimum atomic E-state index is -1.72. The number of hydrazine groups is 1. The van der Waals surface area contributed by atoms with Gasteiger partial charge >= 0.3 is 5.97 Å². The Hall–Kier alpha value is -1.50. The molecule has 0 radical (unpaired) electrons. The molecule has 0 heterocycles. The quantitative estimate of drug-likeness (QED) is 0.435. The highest BCUT2D eigenvalue weighted by molar-refractivity contribution is 5.79. The van der Waals surface area contributed by atoms with Gasteiger partial charge < -0.3 is 10.2 Å². The molecule has 0 saturated heterocycles. The fraction of sp³-hybridized carbons (Fsp3) is 0.300. The Morgan fingerprint density at radius 1 is 1.50 bits per heavy atom. The van der Waals surface area contributed by atoms with E-state index in [2.05, 4.69) is 0 Å². The number of aliphatic carboxylic acids is 1. The third-order valence-corrected chi connectivity index (χ3v) is 2.48. The number of aliphatic hydroxyl groups is 1. The van der Waals surface area contributed by atoms with E-state index < -0.39 is 23.4 Å². The number of rotatable bonds is 4. The molecule has 1 aromatic rings. The number of halogens is 1. The summed E-state index contributed by atoms with van der Waals surface area (Å²) in [5.41, 5.74) is 0.591. The topological polar surface area (TPSA) is 95.6 Å². The summed E-state index contributed by atoms with van der Waals surface area (Å²) in [6.07, 6.45) is -1.38. The predicted octanol–water partition coefficient (Wildman–Crippen LogP) is 0.166. The minimum Gasteiger partial charge on any atom is -0.480 e. The van der Waals surface area contributed by atoms with Gasteiger partial charge in [-0.2, -0.15) is 0 Å². The first-order valence-electron chi connectivity index (χ1n) is 4.56. The van der Waals surface area contributed by atoms with Gasteiger partial charge in [-0.15, -0.1) is 0 Å². The SMILES string of the molecule is CC(NN)(C(=O)O)C(O)c1ccc(F)cc1. The van der Waals surface area contributed by atoms with Gasteiger partial charge in [0.05, 0.1) is 0 Å². The number of benzene rings is 1. The molecule has 16 heavy (non-hydrogen) atoms. The molecule has 0 aromatic heterocycles. The van der Waals surface area contributed by atoms with E-state index in [4.69, 9.17) is 10.9 Å². The Bertz CT molecular complexity index is 382. The van der Waals surface area contributed by atoms with Crippen LogP contribution >= 0.6 is 0 Å². The largest absolute Gasteiger partial charge is 0.480 e. The zero-order valence-corrected chi connectivity index (χ0v) is 8.64. The van der Waals surface area contributed by atoms with Crippen molar-refractivity contribution in [2.24, 2.45) is 5.84 Å². The van der Waals surface area contributed by atoms with Crippen LogP contribution in [0.2, 0.25) is 0 Å². The second kappa shape index (κ2) is 4.56. The van der Waals surface area contributed by atoms with E-state index in [-0.39, 0.29) is 5.56 Å². The maximum Gasteiger partial charge on any atom is 0.328 e. The number of carbonyl (C=O) groups is 1. The first-order chi connectivity index (χ1) is 7.41. The molecular weight excluding hydrogens is 215 g/mol. The van der Waals surface area contributed by atoms with Crippen molar-refractivity contribution >= 4 is 5.97 Å². The molecule has 0 aliphatic carbocycles. The smallest absolute Gasteiger partial charge is 0.328 e. The summed E-state index contributed by atoms with van der Waals surface area (Å²) in [5, 5.41) is 18.8. The molecule has 2 atom stereocenters. The molecule has 88 valence electrons. The summed E-state index contributed by atoms with van der Waals surface area (Å²) in [4.78, 5) is 11.0. The van der Waals surface area contributed by atoms with Crippen LogP contribution in [0.1, 0.15) is 18.6 Å². The molecule has 1 aromatic carbocycles. The van der Waals surface area contributed by atoms with Crippen molar-refractivity contribution in [3.05, 3.63) is 35.6 Å². The van der Waals surface area contributed by atoms with Crippen molar-refractivity contribution in [3.63, 3.8) is 0 Å². The molecule has 0 saturated carbocycles. The van der Waals surface area contributed by atoms with Gasteiger partial charge in [0.25, 0.3) is 0 Å². The zero-order valence-electron chi connectivity index (χ0n) is 8.64. The average molecular weight is 228 g/mol. The molecule has 1 rings (SSSR count). The van der Waals surface area contributed by atoms with E-state index in [1.54, 1.807) is 0 Å². The fourth-order valence-corrected chi connectivity index (χ4v) is 1.24. The monoisotopic (exact) mass is 228 g/mol. The number of nitrogens with one attached hydrogen (secondary N) is 1. The lowest BCUT2D eigenvalue weighted by Crippen LogP contribution is -2.57. The van der Waals surface area contributed by atoms with Gasteiger partial charge in [-0.25, -0.2) is 9.82 Å². The van der Waals surface area contributed by atoms with Crippen molar-refractivity contribution in [3.8, 4) is 0 Å². The molecule has 0 spiro atoms. The highest BCUT2D eigenvalue weighted by Crippen LogP contribution is 2.25. The van der Waals surface area contributed by atoms with Crippen molar-refractivity contribution in [2.45, 2.75) is 18.6 Å². The Morgan fingerprint density at radius 3 is 2.38 bits per heavy atom. The molecule has 5 nitrogen and oxygen atoms in total. The van der Waals surface area contributed by atoms with Gasteiger partial charge in [0.1, 0.15) is 11.9 Å². The summed E-state index contributed by atoms with van der Waals surface area (Å²) in [7, 11) is 0. The number of carboxylic acid groups (broad SMARTS) is 1. The predicted molar refractivity (Wildman–Crippen MR) is 54.7 cm³/mol. The Labute approximate surface area is 91.7 Å². The lowest BCUT2D eigenvalue weighted by Gasteiger charge is -2.29. The summed E-state index contributed by atoms with van der Waals surface area (Å²) >= 11 is 0. The maximum atomic E-state index is 12.6. The van der Waals surface area contributed by atoms with Crippen LogP contribution < -0.4 is 11.3 Å². The molecule has 0 fully saturated rings. The maximum absolute atomic E-state index is 12.6. The Balaban J connectivity index is 3.04. The zero-order chi connectivity index (χ0) is 12.3. The Kier molecular flexibility index (Phi) is 3.58. The van der Waals surface area contributed by atoms with Gasteiger partial charge in [0.15, 0.2) is 5.54 Å². The number of hydrogen-bond acceptors (Lipinski definition) is 4. The molecule has 0 amide bonds. The highest BCUT2D eigenvalue weighted by atomic mass is 19.1.